The van der Waals surface area contributed by atoms with Gasteiger partial charge in [-0.15, -0.1) is 0 Å². The van der Waals surface area contributed by atoms with Crippen molar-refractivity contribution in [3.8, 4) is 0 Å². The zero-order valence-electron chi connectivity index (χ0n) is 11.5. The minimum atomic E-state index is 0.126. The Labute approximate surface area is 109 Å². The van der Waals surface area contributed by atoms with Gasteiger partial charge in [0.15, 0.2) is 0 Å². The van der Waals surface area contributed by atoms with Crippen molar-refractivity contribution in [1.82, 2.24) is 5.32 Å². The van der Waals surface area contributed by atoms with Gasteiger partial charge in [0.1, 0.15) is 0 Å². The van der Waals surface area contributed by atoms with Crippen LogP contribution in [0.4, 0.5) is 5.69 Å². The van der Waals surface area contributed by atoms with Crippen LogP contribution in [0.5, 0.6) is 0 Å². The van der Waals surface area contributed by atoms with Crippen molar-refractivity contribution in [2.24, 2.45) is 5.92 Å². The van der Waals surface area contributed by atoms with Crippen LogP contribution in [0.25, 0.3) is 0 Å². The molecule has 1 amide bonds. The van der Waals surface area contributed by atoms with Crippen molar-refractivity contribution in [2.75, 3.05) is 25.0 Å². The number of benzene rings is 1. The third-order valence-corrected chi connectivity index (χ3v) is 3.37. The first-order valence-electron chi connectivity index (χ1n) is 6.62. The summed E-state index contributed by atoms with van der Waals surface area (Å²) in [6.45, 7) is 5.52. The second-order valence-electron chi connectivity index (χ2n) is 5.37. The van der Waals surface area contributed by atoms with E-state index in [2.05, 4.69) is 25.2 Å². The maximum absolute atomic E-state index is 12.0. The number of hydrogen-bond donors (Lipinski definition) is 1. The number of amides is 1. The summed E-state index contributed by atoms with van der Waals surface area (Å²) in [4.78, 5) is 13.8. The fourth-order valence-electron chi connectivity index (χ4n) is 2.11. The maximum atomic E-state index is 12.0. The molecule has 0 aliphatic heterocycles. The van der Waals surface area contributed by atoms with Crippen molar-refractivity contribution < 1.29 is 4.79 Å². The third kappa shape index (κ3) is 3.57. The molecule has 0 radical (unpaired) electrons. The quantitative estimate of drug-likeness (QED) is 0.864. The number of anilines is 1. The number of aryl methyl sites for hydroxylation is 2. The molecule has 1 aromatic carbocycles. The Morgan fingerprint density at radius 3 is 2.44 bits per heavy atom. The van der Waals surface area contributed by atoms with Gasteiger partial charge in [-0.1, -0.05) is 6.07 Å². The normalized spacial score (nSPS) is 14.6. The van der Waals surface area contributed by atoms with Crippen molar-refractivity contribution in [1.29, 1.82) is 0 Å². The molecule has 1 aliphatic rings. The van der Waals surface area contributed by atoms with Gasteiger partial charge in [0.25, 0.3) is 0 Å². The van der Waals surface area contributed by atoms with Gasteiger partial charge in [-0.05, 0) is 62.4 Å². The van der Waals surface area contributed by atoms with E-state index in [-0.39, 0.29) is 5.91 Å². The number of carbonyl (C=O) groups excluding carboxylic acids is 1. The molecule has 1 aromatic rings. The molecule has 1 fully saturated rings. The van der Waals surface area contributed by atoms with Gasteiger partial charge in [0.2, 0.25) is 5.91 Å². The van der Waals surface area contributed by atoms with Crippen LogP contribution in [0.2, 0.25) is 0 Å². The van der Waals surface area contributed by atoms with Crippen molar-refractivity contribution >= 4 is 11.6 Å². The molecule has 0 saturated heterocycles. The van der Waals surface area contributed by atoms with E-state index in [0.29, 0.717) is 6.54 Å². The Morgan fingerprint density at radius 2 is 1.89 bits per heavy atom. The van der Waals surface area contributed by atoms with Crippen molar-refractivity contribution in [3.63, 3.8) is 0 Å². The smallest absolute Gasteiger partial charge is 0.240 e. The van der Waals surface area contributed by atoms with E-state index in [4.69, 9.17) is 0 Å². The highest BCUT2D eigenvalue weighted by Crippen LogP contribution is 2.27. The molecular formula is C15H22N2O. The molecule has 0 aromatic heterocycles. The second kappa shape index (κ2) is 5.53. The number of carbonyl (C=O) groups is 1. The molecular weight excluding hydrogens is 224 g/mol. The van der Waals surface area contributed by atoms with E-state index >= 15 is 0 Å². The predicted octanol–water partition coefficient (Wildman–Crippen LogP) is 2.27. The largest absolute Gasteiger partial charge is 0.314 e. The molecule has 0 spiro atoms. The van der Waals surface area contributed by atoms with Gasteiger partial charge in [-0.2, -0.15) is 0 Å². The Balaban J connectivity index is 1.91. The van der Waals surface area contributed by atoms with Crippen LogP contribution >= 0.6 is 0 Å². The monoisotopic (exact) mass is 246 g/mol. The molecule has 0 atom stereocenters. The Bertz CT molecular complexity index is 418. The van der Waals surface area contributed by atoms with E-state index in [1.807, 2.05) is 19.2 Å². The molecule has 3 nitrogen and oxygen atoms in total. The number of nitrogens with zero attached hydrogens (tertiary/aromatic N) is 1. The topological polar surface area (TPSA) is 32.3 Å². The summed E-state index contributed by atoms with van der Waals surface area (Å²) in [5, 5.41) is 3.24. The van der Waals surface area contributed by atoms with Crippen LogP contribution in [0.15, 0.2) is 18.2 Å². The van der Waals surface area contributed by atoms with E-state index < -0.39 is 0 Å². The van der Waals surface area contributed by atoms with Crippen LogP contribution in [0.3, 0.4) is 0 Å². The first-order valence-corrected chi connectivity index (χ1v) is 6.62. The Kier molecular flexibility index (Phi) is 4.02. The van der Waals surface area contributed by atoms with E-state index in [9.17, 15) is 4.79 Å². The summed E-state index contributed by atoms with van der Waals surface area (Å²) >= 11 is 0. The van der Waals surface area contributed by atoms with Gasteiger partial charge in [-0.3, -0.25) is 4.79 Å². The zero-order valence-corrected chi connectivity index (χ0v) is 11.5. The Hall–Kier alpha value is -1.35. The molecule has 3 heteroatoms. The zero-order chi connectivity index (χ0) is 13.1. The molecule has 0 heterocycles. The minimum absolute atomic E-state index is 0.126. The summed E-state index contributed by atoms with van der Waals surface area (Å²) in [6, 6.07) is 6.21. The summed E-state index contributed by atoms with van der Waals surface area (Å²) < 4.78 is 0. The molecule has 1 N–H and O–H groups in total. The molecule has 1 saturated carbocycles. The van der Waals surface area contributed by atoms with Crippen LogP contribution in [0.1, 0.15) is 24.0 Å². The third-order valence-electron chi connectivity index (χ3n) is 3.37. The minimum Gasteiger partial charge on any atom is -0.314 e. The van der Waals surface area contributed by atoms with Crippen LogP contribution in [0, 0.1) is 19.8 Å². The lowest BCUT2D eigenvalue weighted by molar-refractivity contribution is -0.117. The number of hydrogen-bond acceptors (Lipinski definition) is 2. The highest BCUT2D eigenvalue weighted by molar-refractivity contribution is 5.94. The molecule has 98 valence electrons. The van der Waals surface area contributed by atoms with Gasteiger partial charge in [0.05, 0.1) is 6.54 Å². The van der Waals surface area contributed by atoms with E-state index in [1.165, 1.54) is 24.0 Å². The lowest BCUT2D eigenvalue weighted by Crippen LogP contribution is -2.36. The average molecular weight is 246 g/mol. The highest BCUT2D eigenvalue weighted by Gasteiger charge is 2.21. The van der Waals surface area contributed by atoms with Gasteiger partial charge in [-0.25, -0.2) is 0 Å². The van der Waals surface area contributed by atoms with E-state index in [1.54, 1.807) is 4.90 Å². The van der Waals surface area contributed by atoms with Crippen LogP contribution in [-0.4, -0.2) is 26.0 Å². The van der Waals surface area contributed by atoms with E-state index in [0.717, 1.165) is 18.2 Å². The molecule has 18 heavy (non-hydrogen) atoms. The highest BCUT2D eigenvalue weighted by atomic mass is 16.2. The van der Waals surface area contributed by atoms with Gasteiger partial charge < -0.3 is 10.2 Å². The molecule has 2 rings (SSSR count). The van der Waals surface area contributed by atoms with Crippen molar-refractivity contribution in [2.45, 2.75) is 26.7 Å². The first-order chi connectivity index (χ1) is 8.56. The van der Waals surface area contributed by atoms with Crippen molar-refractivity contribution in [3.05, 3.63) is 29.3 Å². The van der Waals surface area contributed by atoms with Gasteiger partial charge >= 0.3 is 0 Å². The summed E-state index contributed by atoms with van der Waals surface area (Å²) in [5.74, 6) is 0.935. The number of rotatable bonds is 5. The molecule has 1 aliphatic carbocycles. The number of likely N-dealkylation sites (N-methyl/N-ethyl adjacent to an activating group) is 1. The van der Waals surface area contributed by atoms with Crippen LogP contribution < -0.4 is 10.2 Å². The fraction of sp³-hybridized carbons (Fsp3) is 0.533. The number of nitrogens with one attached hydrogen (secondary N) is 1. The lowest BCUT2D eigenvalue weighted by Gasteiger charge is -2.19. The fourth-order valence-corrected chi connectivity index (χ4v) is 2.11. The molecule has 0 unspecified atom stereocenters. The predicted molar refractivity (Wildman–Crippen MR) is 74.9 cm³/mol. The van der Waals surface area contributed by atoms with Crippen LogP contribution in [-0.2, 0) is 4.79 Å². The summed E-state index contributed by atoms with van der Waals surface area (Å²) in [6.07, 6.45) is 2.63. The molecule has 0 bridgehead atoms. The second-order valence-corrected chi connectivity index (χ2v) is 5.37. The van der Waals surface area contributed by atoms with Gasteiger partial charge in [0, 0.05) is 12.7 Å². The summed E-state index contributed by atoms with van der Waals surface area (Å²) in [7, 11) is 1.84. The first kappa shape index (κ1) is 13.1. The average Bonchev–Trinajstić information content (AvgIpc) is 3.10. The standard InChI is InChI=1S/C15H22N2O/c1-11-6-12(2)8-14(7-11)17(3)15(18)10-16-9-13-4-5-13/h6-8,13,16H,4-5,9-10H2,1-3H3. The SMILES string of the molecule is Cc1cc(C)cc(N(C)C(=O)CNCC2CC2)c1. The Morgan fingerprint density at radius 1 is 1.28 bits per heavy atom. The summed E-state index contributed by atoms with van der Waals surface area (Å²) in [5.41, 5.74) is 3.36. The lowest BCUT2D eigenvalue weighted by atomic mass is 10.1. The maximum Gasteiger partial charge on any atom is 0.240 e.